The maximum Gasteiger partial charge on any atom is 0.308 e. The zero-order chi connectivity index (χ0) is 15.8. The molecule has 0 aromatic carbocycles. The van der Waals surface area contributed by atoms with Crippen molar-refractivity contribution in [2.24, 2.45) is 11.8 Å². The fourth-order valence-corrected chi connectivity index (χ4v) is 2.60. The number of nitrogens with zero attached hydrogens (tertiary/aromatic N) is 1. The smallest absolute Gasteiger partial charge is 0.308 e. The fraction of sp³-hybridized carbons (Fsp3) is 0.800. The van der Waals surface area contributed by atoms with E-state index in [0.717, 1.165) is 25.7 Å². The van der Waals surface area contributed by atoms with Crippen molar-refractivity contribution in [3.8, 4) is 0 Å². The van der Waals surface area contributed by atoms with Crippen LogP contribution in [0.15, 0.2) is 0 Å². The molecule has 1 saturated carbocycles. The molecule has 120 valence electrons. The number of carbonyl (C=O) groups is 3. The first-order chi connectivity index (χ1) is 9.95. The first-order valence-electron chi connectivity index (χ1n) is 7.74. The van der Waals surface area contributed by atoms with E-state index in [0.29, 0.717) is 13.1 Å². The molecule has 0 heterocycles. The molecule has 2 N–H and O–H groups in total. The van der Waals surface area contributed by atoms with Crippen LogP contribution in [0.1, 0.15) is 46.0 Å². The lowest BCUT2D eigenvalue weighted by atomic mass is 10.1. The Balaban J connectivity index is 2.30. The summed E-state index contributed by atoms with van der Waals surface area (Å²) in [4.78, 5) is 36.2. The molecule has 0 saturated heterocycles. The van der Waals surface area contributed by atoms with E-state index in [1.54, 1.807) is 6.92 Å². The topological polar surface area (TPSA) is 86.7 Å². The predicted molar refractivity (Wildman–Crippen MR) is 78.6 cm³/mol. The Labute approximate surface area is 125 Å². The molecule has 0 bridgehead atoms. The van der Waals surface area contributed by atoms with E-state index in [4.69, 9.17) is 5.11 Å². The van der Waals surface area contributed by atoms with E-state index in [2.05, 4.69) is 5.32 Å². The molecule has 1 unspecified atom stereocenters. The van der Waals surface area contributed by atoms with Crippen LogP contribution < -0.4 is 5.32 Å². The molecule has 0 aromatic heterocycles. The van der Waals surface area contributed by atoms with E-state index >= 15 is 0 Å². The van der Waals surface area contributed by atoms with Gasteiger partial charge in [0.25, 0.3) is 0 Å². The van der Waals surface area contributed by atoms with Gasteiger partial charge in [0.2, 0.25) is 11.8 Å². The fourth-order valence-electron chi connectivity index (χ4n) is 2.60. The van der Waals surface area contributed by atoms with Crippen molar-refractivity contribution < 1.29 is 19.5 Å². The summed E-state index contributed by atoms with van der Waals surface area (Å²) in [5.74, 6) is -1.45. The third-order valence-electron chi connectivity index (χ3n) is 4.01. The molecular formula is C15H26N2O4. The van der Waals surface area contributed by atoms with Crippen LogP contribution in [-0.2, 0) is 14.4 Å². The molecule has 1 rings (SSSR count). The van der Waals surface area contributed by atoms with Gasteiger partial charge in [-0.15, -0.1) is 0 Å². The summed E-state index contributed by atoms with van der Waals surface area (Å²) in [6.07, 6.45) is 4.31. The Morgan fingerprint density at radius 2 is 1.90 bits per heavy atom. The lowest BCUT2D eigenvalue weighted by molar-refractivity contribution is -0.143. The van der Waals surface area contributed by atoms with Crippen molar-refractivity contribution in [1.29, 1.82) is 0 Å². The highest BCUT2D eigenvalue weighted by Crippen LogP contribution is 2.24. The quantitative estimate of drug-likeness (QED) is 0.706. The standard InChI is InChI=1S/C15H26N2O4/c1-3-17(10-11(2)15(20)21)13(18)8-9-16-14(19)12-6-4-5-7-12/h11-12H,3-10H2,1-2H3,(H,16,19)(H,20,21). The van der Waals surface area contributed by atoms with Crippen LogP contribution >= 0.6 is 0 Å². The summed E-state index contributed by atoms with van der Waals surface area (Å²) in [6.45, 7) is 4.42. The Bertz CT molecular complexity index is 378. The Morgan fingerprint density at radius 3 is 2.43 bits per heavy atom. The second-order valence-electron chi connectivity index (χ2n) is 5.69. The summed E-state index contributed by atoms with van der Waals surface area (Å²) >= 11 is 0. The minimum absolute atomic E-state index is 0.0438. The van der Waals surface area contributed by atoms with Gasteiger partial charge in [-0.1, -0.05) is 19.8 Å². The van der Waals surface area contributed by atoms with Gasteiger partial charge in [0.1, 0.15) is 0 Å². The van der Waals surface area contributed by atoms with Crippen molar-refractivity contribution >= 4 is 17.8 Å². The molecule has 6 nitrogen and oxygen atoms in total. The second-order valence-corrected chi connectivity index (χ2v) is 5.69. The van der Waals surface area contributed by atoms with Crippen LogP contribution in [0.5, 0.6) is 0 Å². The van der Waals surface area contributed by atoms with Crippen LogP contribution in [0, 0.1) is 11.8 Å². The zero-order valence-corrected chi connectivity index (χ0v) is 12.9. The van der Waals surface area contributed by atoms with Crippen molar-refractivity contribution in [2.45, 2.75) is 46.0 Å². The molecule has 0 aliphatic heterocycles. The van der Waals surface area contributed by atoms with Crippen molar-refractivity contribution in [3.63, 3.8) is 0 Å². The number of rotatable bonds is 8. The molecule has 2 amide bonds. The van der Waals surface area contributed by atoms with Crippen molar-refractivity contribution in [3.05, 3.63) is 0 Å². The van der Waals surface area contributed by atoms with Crippen LogP contribution in [0.4, 0.5) is 0 Å². The summed E-state index contributed by atoms with van der Waals surface area (Å²) in [6, 6.07) is 0. The van der Waals surface area contributed by atoms with Crippen molar-refractivity contribution in [2.75, 3.05) is 19.6 Å². The van der Waals surface area contributed by atoms with Crippen molar-refractivity contribution in [1.82, 2.24) is 10.2 Å². The van der Waals surface area contributed by atoms with E-state index in [9.17, 15) is 14.4 Å². The molecule has 0 spiro atoms. The SMILES string of the molecule is CCN(CC(C)C(=O)O)C(=O)CCNC(=O)C1CCCC1. The van der Waals surface area contributed by atoms with E-state index in [-0.39, 0.29) is 30.7 Å². The van der Waals surface area contributed by atoms with Crippen LogP contribution in [0.2, 0.25) is 0 Å². The van der Waals surface area contributed by atoms with Gasteiger partial charge in [-0.3, -0.25) is 14.4 Å². The van der Waals surface area contributed by atoms with E-state index < -0.39 is 11.9 Å². The molecule has 1 aliphatic carbocycles. The van der Waals surface area contributed by atoms with Gasteiger partial charge in [0.15, 0.2) is 0 Å². The number of amides is 2. The molecule has 0 radical (unpaired) electrons. The first-order valence-corrected chi connectivity index (χ1v) is 7.74. The third kappa shape index (κ3) is 5.73. The van der Waals surface area contributed by atoms with Gasteiger partial charge < -0.3 is 15.3 Å². The number of nitrogens with one attached hydrogen (secondary N) is 1. The van der Waals surface area contributed by atoms with Gasteiger partial charge >= 0.3 is 5.97 Å². The number of carbonyl (C=O) groups excluding carboxylic acids is 2. The highest BCUT2D eigenvalue weighted by molar-refractivity contribution is 5.81. The third-order valence-corrected chi connectivity index (χ3v) is 4.01. The molecule has 0 aromatic rings. The highest BCUT2D eigenvalue weighted by atomic mass is 16.4. The minimum Gasteiger partial charge on any atom is -0.481 e. The Morgan fingerprint density at radius 1 is 1.29 bits per heavy atom. The van der Waals surface area contributed by atoms with E-state index in [1.165, 1.54) is 4.90 Å². The Kier molecular flexibility index (Phi) is 7.19. The second kappa shape index (κ2) is 8.64. The molecule has 21 heavy (non-hydrogen) atoms. The summed E-state index contributed by atoms with van der Waals surface area (Å²) < 4.78 is 0. The Hall–Kier alpha value is -1.59. The van der Waals surface area contributed by atoms with Gasteiger partial charge in [-0.2, -0.15) is 0 Å². The number of carboxylic acids is 1. The molecule has 1 aliphatic rings. The molecular weight excluding hydrogens is 272 g/mol. The van der Waals surface area contributed by atoms with Gasteiger partial charge in [0.05, 0.1) is 5.92 Å². The molecule has 1 fully saturated rings. The predicted octanol–water partition coefficient (Wildman–Crippen LogP) is 1.25. The van der Waals surface area contributed by atoms with Crippen LogP contribution in [-0.4, -0.2) is 47.4 Å². The number of hydrogen-bond donors (Lipinski definition) is 2. The maximum atomic E-state index is 12.0. The van der Waals surface area contributed by atoms with Crippen LogP contribution in [0.25, 0.3) is 0 Å². The summed E-state index contributed by atoms with van der Waals surface area (Å²) in [5, 5.41) is 11.7. The monoisotopic (exact) mass is 298 g/mol. The minimum atomic E-state index is -0.907. The maximum absolute atomic E-state index is 12.0. The number of hydrogen-bond acceptors (Lipinski definition) is 3. The lowest BCUT2D eigenvalue weighted by Crippen LogP contribution is -2.39. The summed E-state index contributed by atoms with van der Waals surface area (Å²) in [7, 11) is 0. The van der Waals surface area contributed by atoms with E-state index in [1.807, 2.05) is 6.92 Å². The highest BCUT2D eigenvalue weighted by Gasteiger charge is 2.23. The summed E-state index contributed by atoms with van der Waals surface area (Å²) in [5.41, 5.74) is 0. The zero-order valence-electron chi connectivity index (χ0n) is 12.9. The average Bonchev–Trinajstić information content (AvgIpc) is 2.98. The van der Waals surface area contributed by atoms with Gasteiger partial charge in [0, 0.05) is 32.0 Å². The average molecular weight is 298 g/mol. The number of aliphatic carboxylic acids is 1. The normalized spacial score (nSPS) is 16.5. The lowest BCUT2D eigenvalue weighted by Gasteiger charge is -2.23. The van der Waals surface area contributed by atoms with Gasteiger partial charge in [-0.25, -0.2) is 0 Å². The largest absolute Gasteiger partial charge is 0.481 e. The first kappa shape index (κ1) is 17.5. The molecule has 1 atom stereocenters. The molecule has 6 heteroatoms. The van der Waals surface area contributed by atoms with Crippen LogP contribution in [0.3, 0.4) is 0 Å². The van der Waals surface area contributed by atoms with Gasteiger partial charge in [-0.05, 0) is 19.8 Å². The number of carboxylic acid groups (broad SMARTS) is 1.